The predicted molar refractivity (Wildman–Crippen MR) is 122 cm³/mol. The monoisotopic (exact) mass is 432 g/mol. The number of hydrogen-bond donors (Lipinski definition) is 1. The number of nitrogens with one attached hydrogen (secondary N) is 1. The molecule has 0 saturated heterocycles. The Morgan fingerprint density at radius 2 is 1.52 bits per heavy atom. The molecule has 3 aromatic carbocycles. The first-order chi connectivity index (χ1) is 15.0. The van der Waals surface area contributed by atoms with E-state index in [-0.39, 0.29) is 17.4 Å². The Bertz CT molecular complexity index is 1080. The molecule has 156 valence electrons. The maximum absolute atomic E-state index is 13.3. The Kier molecular flexibility index (Phi) is 5.91. The number of hydrogen-bond acceptors (Lipinski definition) is 4. The molecule has 0 bridgehead atoms. The minimum atomic E-state index is -0.437. The van der Waals surface area contributed by atoms with E-state index in [0.29, 0.717) is 16.3 Å². The lowest BCUT2D eigenvalue weighted by Crippen LogP contribution is -2.32. The fraction of sp³-hybridized carbons (Fsp3) is 0.120. The van der Waals surface area contributed by atoms with E-state index in [4.69, 9.17) is 0 Å². The van der Waals surface area contributed by atoms with Gasteiger partial charge in [-0.05, 0) is 67.4 Å². The van der Waals surface area contributed by atoms with Crippen LogP contribution in [0, 0.1) is 12.7 Å². The van der Waals surface area contributed by atoms with Crippen LogP contribution in [-0.2, 0) is 16.0 Å². The molecule has 1 aliphatic rings. The van der Waals surface area contributed by atoms with Gasteiger partial charge < -0.3 is 5.32 Å². The van der Waals surface area contributed by atoms with Crippen LogP contribution < -0.4 is 10.2 Å². The van der Waals surface area contributed by atoms with Gasteiger partial charge >= 0.3 is 0 Å². The molecule has 0 radical (unpaired) electrons. The quantitative estimate of drug-likeness (QED) is 0.509. The van der Waals surface area contributed by atoms with Gasteiger partial charge in [0.15, 0.2) is 0 Å². The molecule has 31 heavy (non-hydrogen) atoms. The summed E-state index contributed by atoms with van der Waals surface area (Å²) >= 11 is 1.24. The summed E-state index contributed by atoms with van der Waals surface area (Å²) in [5.74, 6) is -1.20. The van der Waals surface area contributed by atoms with Crippen molar-refractivity contribution < 1.29 is 14.0 Å². The van der Waals surface area contributed by atoms with E-state index in [1.165, 1.54) is 40.9 Å². The van der Waals surface area contributed by atoms with Gasteiger partial charge in [-0.1, -0.05) is 48.5 Å². The summed E-state index contributed by atoms with van der Waals surface area (Å²) in [4.78, 5) is 29.0. The highest BCUT2D eigenvalue weighted by atomic mass is 32.2. The average molecular weight is 433 g/mol. The van der Waals surface area contributed by atoms with E-state index in [1.54, 1.807) is 12.1 Å². The maximum Gasteiger partial charge on any atom is 0.283 e. The molecule has 2 amide bonds. The van der Waals surface area contributed by atoms with Crippen LogP contribution >= 0.6 is 11.8 Å². The normalized spacial score (nSPS) is 13.8. The van der Waals surface area contributed by atoms with Gasteiger partial charge in [0.1, 0.15) is 16.4 Å². The lowest BCUT2D eigenvalue weighted by Gasteiger charge is -2.15. The average Bonchev–Trinajstić information content (AvgIpc) is 3.01. The Morgan fingerprint density at radius 3 is 2.13 bits per heavy atom. The molecular weight excluding hydrogens is 411 g/mol. The lowest BCUT2D eigenvalue weighted by atomic mass is 10.1. The molecule has 1 aliphatic heterocycles. The number of anilines is 2. The van der Waals surface area contributed by atoms with Crippen molar-refractivity contribution in [2.24, 2.45) is 0 Å². The number of amides is 2. The van der Waals surface area contributed by atoms with Gasteiger partial charge in [0.25, 0.3) is 11.8 Å². The molecule has 1 N–H and O–H groups in total. The Hall–Kier alpha value is -3.38. The Labute approximate surface area is 184 Å². The first-order valence-electron chi connectivity index (χ1n) is 9.95. The van der Waals surface area contributed by atoms with Crippen molar-refractivity contribution in [1.82, 2.24) is 0 Å². The highest BCUT2D eigenvalue weighted by Crippen LogP contribution is 2.38. The van der Waals surface area contributed by atoms with Crippen LogP contribution in [0.3, 0.4) is 0 Å². The smallest absolute Gasteiger partial charge is 0.283 e. The third-order valence-electron chi connectivity index (χ3n) is 5.00. The van der Waals surface area contributed by atoms with E-state index in [2.05, 4.69) is 5.32 Å². The van der Waals surface area contributed by atoms with Crippen molar-refractivity contribution in [3.05, 3.63) is 100 Å². The summed E-state index contributed by atoms with van der Waals surface area (Å²) in [6.45, 7) is 4.03. The zero-order valence-corrected chi connectivity index (χ0v) is 18.0. The summed E-state index contributed by atoms with van der Waals surface area (Å²) < 4.78 is 13.3. The molecule has 0 spiro atoms. The number of thioether (sulfide) groups is 1. The highest BCUT2D eigenvalue weighted by Gasteiger charge is 2.40. The molecule has 0 saturated carbocycles. The van der Waals surface area contributed by atoms with Gasteiger partial charge in [0.05, 0.1) is 5.69 Å². The third-order valence-corrected chi connectivity index (χ3v) is 6.09. The minimum Gasteiger partial charge on any atom is -0.350 e. The van der Waals surface area contributed by atoms with E-state index < -0.39 is 5.91 Å². The maximum atomic E-state index is 13.3. The second-order valence-corrected chi connectivity index (χ2v) is 8.30. The van der Waals surface area contributed by atoms with Gasteiger partial charge in [0.2, 0.25) is 0 Å². The summed E-state index contributed by atoms with van der Waals surface area (Å²) in [7, 11) is 0. The van der Waals surface area contributed by atoms with Crippen LogP contribution in [-0.4, -0.2) is 11.8 Å². The van der Waals surface area contributed by atoms with Crippen LogP contribution in [0.5, 0.6) is 0 Å². The molecule has 0 unspecified atom stereocenters. The van der Waals surface area contributed by atoms with Gasteiger partial charge in [0, 0.05) is 10.6 Å². The second-order valence-electron chi connectivity index (χ2n) is 7.22. The first-order valence-corrected chi connectivity index (χ1v) is 10.8. The molecule has 6 heteroatoms. The zero-order chi connectivity index (χ0) is 22.0. The van der Waals surface area contributed by atoms with Gasteiger partial charge in [-0.3, -0.25) is 9.59 Å². The van der Waals surface area contributed by atoms with Crippen LogP contribution in [0.2, 0.25) is 0 Å². The molecule has 0 fully saturated rings. The summed E-state index contributed by atoms with van der Waals surface area (Å²) in [6.07, 6.45) is 0.867. The van der Waals surface area contributed by atoms with Crippen molar-refractivity contribution in [3.8, 4) is 0 Å². The van der Waals surface area contributed by atoms with Crippen molar-refractivity contribution in [2.75, 3.05) is 10.2 Å². The van der Waals surface area contributed by atoms with Gasteiger partial charge in [-0.15, -0.1) is 0 Å². The molecule has 0 atom stereocenters. The number of aryl methyl sites for hydroxylation is 2. The Morgan fingerprint density at radius 1 is 0.871 bits per heavy atom. The topological polar surface area (TPSA) is 49.4 Å². The summed E-state index contributed by atoms with van der Waals surface area (Å²) in [5.41, 5.74) is 3.46. The number of carbonyl (C=O) groups is 2. The van der Waals surface area contributed by atoms with Crippen LogP contribution in [0.1, 0.15) is 18.1 Å². The van der Waals surface area contributed by atoms with E-state index >= 15 is 0 Å². The first kappa shape index (κ1) is 20.9. The fourth-order valence-corrected chi connectivity index (χ4v) is 4.16. The van der Waals surface area contributed by atoms with Crippen molar-refractivity contribution in [2.45, 2.75) is 25.2 Å². The van der Waals surface area contributed by atoms with Crippen LogP contribution in [0.15, 0.2) is 88.3 Å². The molecule has 0 aliphatic carbocycles. The number of halogens is 1. The predicted octanol–water partition coefficient (Wildman–Crippen LogP) is 5.69. The van der Waals surface area contributed by atoms with Crippen molar-refractivity contribution in [1.29, 1.82) is 0 Å². The minimum absolute atomic E-state index is 0.182. The molecule has 3 aromatic rings. The molecule has 1 heterocycles. The van der Waals surface area contributed by atoms with Crippen molar-refractivity contribution >= 4 is 35.0 Å². The van der Waals surface area contributed by atoms with Crippen LogP contribution in [0.4, 0.5) is 15.8 Å². The third kappa shape index (κ3) is 4.39. The number of rotatable bonds is 6. The van der Waals surface area contributed by atoms with Crippen molar-refractivity contribution in [3.63, 3.8) is 0 Å². The molecule has 4 nitrogen and oxygen atoms in total. The second kappa shape index (κ2) is 8.78. The standard InChI is InChI=1S/C25H21FN2O2S/c1-3-17-6-12-20(13-7-17)28-24(29)22(27-19-10-8-18(26)9-11-19)23(25(28)30)31-21-14-4-16(2)5-15-21/h4-15,27H,3H2,1-2H3. The number of nitrogens with zero attached hydrogens (tertiary/aromatic N) is 1. The van der Waals surface area contributed by atoms with E-state index in [0.717, 1.165) is 22.4 Å². The Balaban J connectivity index is 1.71. The fourth-order valence-electron chi connectivity index (χ4n) is 3.23. The number of benzene rings is 3. The SMILES string of the molecule is CCc1ccc(N2C(=O)C(Nc3ccc(F)cc3)=C(Sc3ccc(C)cc3)C2=O)cc1. The van der Waals surface area contributed by atoms with Crippen LogP contribution in [0.25, 0.3) is 0 Å². The summed E-state index contributed by atoms with van der Waals surface area (Å²) in [5, 5.41) is 3.03. The largest absolute Gasteiger partial charge is 0.350 e. The zero-order valence-electron chi connectivity index (χ0n) is 17.2. The molecular formula is C25H21FN2O2S. The highest BCUT2D eigenvalue weighted by molar-refractivity contribution is 8.04. The number of carbonyl (C=O) groups excluding carboxylic acids is 2. The number of imide groups is 1. The van der Waals surface area contributed by atoms with Gasteiger partial charge in [-0.2, -0.15) is 0 Å². The lowest BCUT2D eigenvalue weighted by molar-refractivity contribution is -0.120. The summed E-state index contributed by atoms with van der Waals surface area (Å²) in [6, 6.07) is 20.8. The van der Waals surface area contributed by atoms with E-state index in [1.807, 2.05) is 50.2 Å². The molecule has 4 rings (SSSR count). The molecule has 0 aromatic heterocycles. The van der Waals surface area contributed by atoms with Gasteiger partial charge in [-0.25, -0.2) is 9.29 Å². The van der Waals surface area contributed by atoms with E-state index in [9.17, 15) is 14.0 Å².